The van der Waals surface area contributed by atoms with E-state index in [0.29, 0.717) is 49.5 Å². The largest absolute Gasteiger partial charge is 0.492 e. The number of hydrogen-bond acceptors (Lipinski definition) is 5. The van der Waals surface area contributed by atoms with E-state index < -0.39 is 11.5 Å². The first-order chi connectivity index (χ1) is 17.8. The van der Waals surface area contributed by atoms with Crippen molar-refractivity contribution in [3.05, 3.63) is 59.2 Å². The van der Waals surface area contributed by atoms with E-state index in [1.807, 2.05) is 51.1 Å². The van der Waals surface area contributed by atoms with Crippen molar-refractivity contribution in [1.82, 2.24) is 10.2 Å². The molecule has 1 atom stereocenters. The highest BCUT2D eigenvalue weighted by molar-refractivity contribution is 5.87. The van der Waals surface area contributed by atoms with Crippen molar-refractivity contribution >= 4 is 17.7 Å². The quantitative estimate of drug-likeness (QED) is 0.310. The number of carboxylic acids is 1. The van der Waals surface area contributed by atoms with E-state index in [4.69, 9.17) is 4.74 Å². The van der Waals surface area contributed by atoms with Crippen LogP contribution < -0.4 is 15.4 Å². The van der Waals surface area contributed by atoms with Crippen LogP contribution in [-0.2, 0) is 11.2 Å². The second kappa shape index (κ2) is 13.0. The number of aryl methyl sites for hydroxylation is 1. The van der Waals surface area contributed by atoms with Gasteiger partial charge in [0, 0.05) is 13.1 Å². The van der Waals surface area contributed by atoms with Gasteiger partial charge < -0.3 is 25.4 Å². The first-order valence-corrected chi connectivity index (χ1v) is 13.2. The average Bonchev–Trinajstić information content (AvgIpc) is 2.86. The monoisotopic (exact) mass is 506 g/mol. The van der Waals surface area contributed by atoms with Crippen LogP contribution in [0.15, 0.2) is 42.5 Å². The summed E-state index contributed by atoms with van der Waals surface area (Å²) < 4.78 is 5.77. The summed E-state index contributed by atoms with van der Waals surface area (Å²) >= 11 is 0. The number of carbonyl (C=O) groups is 2. The predicted octanol–water partition coefficient (Wildman–Crippen LogP) is 5.49. The van der Waals surface area contributed by atoms with E-state index in [2.05, 4.69) is 28.8 Å². The number of anilines is 1. The molecule has 2 amide bonds. The zero-order valence-corrected chi connectivity index (χ0v) is 22.0. The number of carboxylic acid groups (broad SMARTS) is 1. The van der Waals surface area contributed by atoms with Gasteiger partial charge in [0.1, 0.15) is 22.9 Å². The zero-order chi connectivity index (χ0) is 26.8. The Balaban J connectivity index is 1.86. The molecule has 0 saturated heterocycles. The number of amides is 2. The lowest BCUT2D eigenvalue weighted by Gasteiger charge is -2.41. The Morgan fingerprint density at radius 2 is 1.92 bits per heavy atom. The van der Waals surface area contributed by atoms with Gasteiger partial charge in [-0.15, -0.1) is 0 Å². The molecule has 2 aromatic carbocycles. The molecule has 3 N–H and O–H groups in total. The van der Waals surface area contributed by atoms with Crippen LogP contribution in [0.2, 0.25) is 0 Å². The van der Waals surface area contributed by atoms with Gasteiger partial charge >= 0.3 is 12.0 Å². The van der Waals surface area contributed by atoms with E-state index in [9.17, 15) is 20.0 Å². The van der Waals surface area contributed by atoms with Crippen molar-refractivity contribution in [3.63, 3.8) is 0 Å². The smallest absolute Gasteiger partial charge is 0.329 e. The van der Waals surface area contributed by atoms with Crippen LogP contribution in [0.25, 0.3) is 0 Å². The maximum atomic E-state index is 13.5. The molecule has 0 aromatic heterocycles. The maximum Gasteiger partial charge on any atom is 0.329 e. The number of nitrogens with zero attached hydrogens (tertiary/aromatic N) is 2. The van der Waals surface area contributed by atoms with Crippen LogP contribution >= 0.6 is 0 Å². The molecule has 1 aliphatic carbocycles. The van der Waals surface area contributed by atoms with Crippen LogP contribution in [0, 0.1) is 11.3 Å². The molecule has 2 aromatic rings. The highest BCUT2D eigenvalue weighted by atomic mass is 16.5. The summed E-state index contributed by atoms with van der Waals surface area (Å²) in [7, 11) is 0. The third kappa shape index (κ3) is 6.73. The molecule has 8 heteroatoms. The second-order valence-electron chi connectivity index (χ2n) is 9.50. The molecule has 0 aliphatic heterocycles. The van der Waals surface area contributed by atoms with E-state index in [0.717, 1.165) is 31.2 Å². The Hall–Kier alpha value is -3.73. The van der Waals surface area contributed by atoms with Gasteiger partial charge in [0.25, 0.3) is 0 Å². The summed E-state index contributed by atoms with van der Waals surface area (Å²) in [5, 5.41) is 25.6. The van der Waals surface area contributed by atoms with E-state index in [1.165, 1.54) is 5.56 Å². The van der Waals surface area contributed by atoms with Crippen molar-refractivity contribution in [2.75, 3.05) is 25.0 Å². The van der Waals surface area contributed by atoms with Crippen molar-refractivity contribution in [1.29, 1.82) is 5.26 Å². The van der Waals surface area contributed by atoms with Crippen LogP contribution in [-0.4, -0.2) is 47.2 Å². The third-order valence-electron chi connectivity index (χ3n) is 7.03. The lowest BCUT2D eigenvalue weighted by atomic mass is 9.77. The molecule has 3 rings (SSSR count). The molecule has 1 fully saturated rings. The SMILES string of the molecule is CCNc1cc(C(C)N(CCCCc2ccccc2)C(=O)NC2(C(=O)O)CCC2)cc(OCC)c1C#N. The van der Waals surface area contributed by atoms with E-state index in [-0.39, 0.29) is 12.1 Å². The molecular formula is C29H38N4O4. The van der Waals surface area contributed by atoms with Gasteiger partial charge in [0.2, 0.25) is 0 Å². The van der Waals surface area contributed by atoms with Crippen molar-refractivity contribution in [3.8, 4) is 11.8 Å². The molecule has 0 heterocycles. The molecule has 1 saturated carbocycles. The Morgan fingerprint density at radius 3 is 2.49 bits per heavy atom. The topological polar surface area (TPSA) is 115 Å². The zero-order valence-electron chi connectivity index (χ0n) is 22.0. The molecule has 198 valence electrons. The average molecular weight is 507 g/mol. The molecule has 0 radical (unpaired) electrons. The molecule has 0 spiro atoms. The second-order valence-corrected chi connectivity index (χ2v) is 9.50. The Labute approximate surface area is 219 Å². The summed E-state index contributed by atoms with van der Waals surface area (Å²) in [6.07, 6.45) is 4.20. The van der Waals surface area contributed by atoms with Crippen LogP contribution in [0.4, 0.5) is 10.5 Å². The lowest BCUT2D eigenvalue weighted by Crippen LogP contribution is -2.61. The molecule has 37 heavy (non-hydrogen) atoms. The first kappa shape index (κ1) is 27.9. The Morgan fingerprint density at radius 1 is 1.19 bits per heavy atom. The van der Waals surface area contributed by atoms with Gasteiger partial charge in [-0.25, -0.2) is 9.59 Å². The minimum atomic E-state index is -1.20. The Kier molecular flexibility index (Phi) is 9.78. The third-order valence-corrected chi connectivity index (χ3v) is 7.03. The molecule has 0 bridgehead atoms. The summed E-state index contributed by atoms with van der Waals surface area (Å²) in [5.74, 6) is -0.522. The van der Waals surface area contributed by atoms with Gasteiger partial charge in [0.15, 0.2) is 0 Å². The highest BCUT2D eigenvalue weighted by Gasteiger charge is 2.46. The van der Waals surface area contributed by atoms with Gasteiger partial charge in [0.05, 0.1) is 18.3 Å². The number of ether oxygens (including phenoxy) is 1. The molecule has 1 unspecified atom stereocenters. The summed E-state index contributed by atoms with van der Waals surface area (Å²) in [5.41, 5.74) is 1.94. The standard InChI is InChI=1S/C29H38N4O4/c1-4-31-25-18-23(19-26(37-5-2)24(25)20-30)21(3)33(17-10-9-14-22-12-7-6-8-13-22)28(36)32-29(27(34)35)15-11-16-29/h6-8,12-13,18-19,21,31H,4-5,9-11,14-17H2,1-3H3,(H,32,36)(H,34,35). The first-order valence-electron chi connectivity index (χ1n) is 13.2. The number of nitriles is 1. The predicted molar refractivity (Wildman–Crippen MR) is 144 cm³/mol. The minimum absolute atomic E-state index is 0.369. The fourth-order valence-corrected chi connectivity index (χ4v) is 4.70. The van der Waals surface area contributed by atoms with Gasteiger partial charge in [-0.3, -0.25) is 0 Å². The number of nitrogens with one attached hydrogen (secondary N) is 2. The number of benzene rings is 2. The highest BCUT2D eigenvalue weighted by Crippen LogP contribution is 2.35. The van der Waals surface area contributed by atoms with Crippen LogP contribution in [0.3, 0.4) is 0 Å². The number of unbranched alkanes of at least 4 members (excludes halogenated alkanes) is 1. The van der Waals surface area contributed by atoms with Crippen LogP contribution in [0.5, 0.6) is 5.75 Å². The number of urea groups is 1. The van der Waals surface area contributed by atoms with Gasteiger partial charge in [-0.05, 0) is 82.6 Å². The van der Waals surface area contributed by atoms with Crippen molar-refractivity contribution < 1.29 is 19.4 Å². The lowest BCUT2D eigenvalue weighted by molar-refractivity contribution is -0.148. The number of aliphatic carboxylic acids is 1. The molecule has 8 nitrogen and oxygen atoms in total. The normalized spacial score (nSPS) is 14.5. The van der Waals surface area contributed by atoms with Gasteiger partial charge in [-0.1, -0.05) is 30.3 Å². The fourth-order valence-electron chi connectivity index (χ4n) is 4.70. The summed E-state index contributed by atoms with van der Waals surface area (Å²) in [6.45, 7) is 7.24. The summed E-state index contributed by atoms with van der Waals surface area (Å²) in [6, 6.07) is 15.4. The number of rotatable bonds is 13. The van der Waals surface area contributed by atoms with E-state index in [1.54, 1.807) is 4.90 Å². The van der Waals surface area contributed by atoms with Crippen molar-refractivity contribution in [2.24, 2.45) is 0 Å². The fraction of sp³-hybridized carbons (Fsp3) is 0.483. The van der Waals surface area contributed by atoms with Crippen molar-refractivity contribution in [2.45, 2.75) is 70.9 Å². The van der Waals surface area contributed by atoms with Crippen LogP contribution in [0.1, 0.15) is 75.6 Å². The van der Waals surface area contributed by atoms with E-state index >= 15 is 0 Å². The molecule has 1 aliphatic rings. The Bertz CT molecular complexity index is 1080. The minimum Gasteiger partial charge on any atom is -0.492 e. The number of hydrogen-bond donors (Lipinski definition) is 3. The van der Waals surface area contributed by atoms with Gasteiger partial charge in [-0.2, -0.15) is 5.26 Å². The number of carbonyl (C=O) groups excluding carboxylic acids is 1. The maximum absolute atomic E-state index is 13.5. The summed E-state index contributed by atoms with van der Waals surface area (Å²) in [4.78, 5) is 27.2. The molecular weight excluding hydrogens is 468 g/mol.